The molecule has 27 heavy (non-hydrogen) atoms. The second-order valence-electron chi connectivity index (χ2n) is 6.57. The molecule has 2 N–H and O–H groups in total. The summed E-state index contributed by atoms with van der Waals surface area (Å²) in [5.74, 6) is 0.209. The first-order valence-corrected chi connectivity index (χ1v) is 9.56. The maximum Gasteiger partial charge on any atom is 0.147 e. The highest BCUT2D eigenvalue weighted by molar-refractivity contribution is 9.10. The van der Waals surface area contributed by atoms with E-state index in [0.717, 1.165) is 26.7 Å². The molecule has 0 amide bonds. The van der Waals surface area contributed by atoms with E-state index in [4.69, 9.17) is 0 Å². The number of hydrogen-bond donors (Lipinski definition) is 2. The maximum absolute atomic E-state index is 10.9. The molecule has 1 atom stereocenters. The Bertz CT molecular complexity index is 1080. The van der Waals surface area contributed by atoms with Crippen molar-refractivity contribution in [1.29, 1.82) is 0 Å². The van der Waals surface area contributed by atoms with Crippen LogP contribution in [0.15, 0.2) is 83.5 Å². The normalized spacial score (nSPS) is 12.1. The van der Waals surface area contributed by atoms with Gasteiger partial charge in [0.15, 0.2) is 0 Å². The van der Waals surface area contributed by atoms with Gasteiger partial charge in [-0.05, 0) is 42.8 Å². The van der Waals surface area contributed by atoms with Gasteiger partial charge >= 0.3 is 0 Å². The minimum absolute atomic E-state index is 0.202. The van der Waals surface area contributed by atoms with Gasteiger partial charge in [0.2, 0.25) is 0 Å². The zero-order valence-electron chi connectivity index (χ0n) is 14.9. The molecular formula is C23H19BrN2O. The molecule has 3 nitrogen and oxygen atoms in total. The Labute approximate surface area is 166 Å². The number of rotatable bonds is 4. The van der Waals surface area contributed by atoms with E-state index in [-0.39, 0.29) is 11.8 Å². The Hall–Kier alpha value is -2.85. The van der Waals surface area contributed by atoms with Crippen LogP contribution < -0.4 is 5.32 Å². The number of nitrogens with zero attached hydrogens (tertiary/aromatic N) is 1. The minimum atomic E-state index is -0.202. The monoisotopic (exact) mass is 418 g/mol. The Morgan fingerprint density at radius 3 is 2.41 bits per heavy atom. The summed E-state index contributed by atoms with van der Waals surface area (Å²) in [6.07, 6.45) is 1.70. The molecule has 1 heterocycles. The van der Waals surface area contributed by atoms with Gasteiger partial charge in [0, 0.05) is 27.3 Å². The molecule has 0 unspecified atom stereocenters. The van der Waals surface area contributed by atoms with E-state index in [0.29, 0.717) is 5.52 Å². The Morgan fingerprint density at radius 2 is 1.67 bits per heavy atom. The first-order chi connectivity index (χ1) is 13.1. The SMILES string of the molecule is Cc1ccc(N[C@@H](c2ccc(Br)cc2)c2ccc3cccnc3c2O)cc1. The van der Waals surface area contributed by atoms with Crippen LogP contribution in [0.5, 0.6) is 5.75 Å². The molecule has 0 radical (unpaired) electrons. The number of aromatic hydroxyl groups is 1. The van der Waals surface area contributed by atoms with Gasteiger partial charge in [0.05, 0.1) is 6.04 Å². The van der Waals surface area contributed by atoms with Gasteiger partial charge in [0.25, 0.3) is 0 Å². The highest BCUT2D eigenvalue weighted by Crippen LogP contribution is 2.36. The highest BCUT2D eigenvalue weighted by Gasteiger charge is 2.20. The molecular weight excluding hydrogens is 400 g/mol. The summed E-state index contributed by atoms with van der Waals surface area (Å²) in [5, 5.41) is 15.4. The van der Waals surface area contributed by atoms with E-state index in [9.17, 15) is 5.11 Å². The number of anilines is 1. The van der Waals surface area contributed by atoms with Crippen molar-refractivity contribution in [3.05, 3.63) is 100 Å². The van der Waals surface area contributed by atoms with Gasteiger partial charge in [-0.2, -0.15) is 0 Å². The van der Waals surface area contributed by atoms with Crippen molar-refractivity contribution in [3.63, 3.8) is 0 Å². The fourth-order valence-corrected chi connectivity index (χ4v) is 3.45. The molecule has 0 bridgehead atoms. The number of pyridine rings is 1. The molecule has 4 rings (SSSR count). The lowest BCUT2D eigenvalue weighted by Gasteiger charge is -2.23. The Balaban J connectivity index is 1.83. The maximum atomic E-state index is 10.9. The average molecular weight is 419 g/mol. The lowest BCUT2D eigenvalue weighted by Crippen LogP contribution is -2.13. The number of hydrogen-bond acceptors (Lipinski definition) is 3. The predicted octanol–water partition coefficient (Wildman–Crippen LogP) is 6.21. The van der Waals surface area contributed by atoms with Crippen molar-refractivity contribution in [2.24, 2.45) is 0 Å². The highest BCUT2D eigenvalue weighted by atomic mass is 79.9. The van der Waals surface area contributed by atoms with E-state index in [1.165, 1.54) is 5.56 Å². The molecule has 4 heteroatoms. The zero-order valence-corrected chi connectivity index (χ0v) is 16.4. The van der Waals surface area contributed by atoms with Crippen LogP contribution in [0.4, 0.5) is 5.69 Å². The zero-order chi connectivity index (χ0) is 18.8. The predicted molar refractivity (Wildman–Crippen MR) is 114 cm³/mol. The number of fused-ring (bicyclic) bond motifs is 1. The molecule has 3 aromatic carbocycles. The molecule has 134 valence electrons. The number of aryl methyl sites for hydroxylation is 1. The lowest BCUT2D eigenvalue weighted by atomic mass is 9.96. The first-order valence-electron chi connectivity index (χ1n) is 8.77. The van der Waals surface area contributed by atoms with E-state index < -0.39 is 0 Å². The van der Waals surface area contributed by atoms with Crippen molar-refractivity contribution < 1.29 is 5.11 Å². The molecule has 1 aromatic heterocycles. The van der Waals surface area contributed by atoms with E-state index >= 15 is 0 Å². The van der Waals surface area contributed by atoms with Gasteiger partial charge in [-0.1, -0.05) is 64.0 Å². The number of phenols is 1. The summed E-state index contributed by atoms with van der Waals surface area (Å²) in [6.45, 7) is 2.07. The van der Waals surface area contributed by atoms with Gasteiger partial charge < -0.3 is 10.4 Å². The molecule has 0 fully saturated rings. The third-order valence-electron chi connectivity index (χ3n) is 4.66. The van der Waals surface area contributed by atoms with E-state index in [1.807, 2.05) is 36.4 Å². The van der Waals surface area contributed by atoms with Gasteiger partial charge in [-0.3, -0.25) is 4.98 Å². The van der Waals surface area contributed by atoms with Crippen LogP contribution in [0.1, 0.15) is 22.7 Å². The van der Waals surface area contributed by atoms with Crippen molar-refractivity contribution in [2.45, 2.75) is 13.0 Å². The van der Waals surface area contributed by atoms with Gasteiger partial charge in [0.1, 0.15) is 11.3 Å². The summed E-state index contributed by atoms with van der Waals surface area (Å²) < 4.78 is 1.02. The van der Waals surface area contributed by atoms with Crippen LogP contribution in [0.2, 0.25) is 0 Å². The fraction of sp³-hybridized carbons (Fsp3) is 0.0870. The van der Waals surface area contributed by atoms with Crippen LogP contribution in [0.25, 0.3) is 10.9 Å². The van der Waals surface area contributed by atoms with Crippen LogP contribution in [-0.4, -0.2) is 10.1 Å². The van der Waals surface area contributed by atoms with Crippen molar-refractivity contribution in [3.8, 4) is 5.75 Å². The van der Waals surface area contributed by atoms with E-state index in [1.54, 1.807) is 6.20 Å². The molecule has 0 spiro atoms. The van der Waals surface area contributed by atoms with Gasteiger partial charge in [-0.15, -0.1) is 0 Å². The standard InChI is InChI=1S/C23H19BrN2O/c1-15-4-11-19(12-5-15)26-21(17-6-9-18(24)10-7-17)20-13-8-16-3-2-14-25-22(16)23(20)27/h2-14,21,26-27H,1H3/t21-/m0/s1. The average Bonchev–Trinajstić information content (AvgIpc) is 2.69. The lowest BCUT2D eigenvalue weighted by molar-refractivity contribution is 0.472. The summed E-state index contributed by atoms with van der Waals surface area (Å²) in [5.41, 5.74) is 4.67. The number of benzene rings is 3. The number of aromatic nitrogens is 1. The minimum Gasteiger partial charge on any atom is -0.505 e. The van der Waals surface area contributed by atoms with Crippen molar-refractivity contribution in [2.75, 3.05) is 5.32 Å². The molecule has 0 aliphatic rings. The second kappa shape index (κ2) is 7.41. The topological polar surface area (TPSA) is 45.2 Å². The molecule has 0 aliphatic heterocycles. The number of nitrogens with one attached hydrogen (secondary N) is 1. The third-order valence-corrected chi connectivity index (χ3v) is 5.18. The first kappa shape index (κ1) is 17.6. The van der Waals surface area contributed by atoms with Crippen LogP contribution >= 0.6 is 15.9 Å². The second-order valence-corrected chi connectivity index (χ2v) is 7.49. The van der Waals surface area contributed by atoms with Crippen molar-refractivity contribution >= 4 is 32.5 Å². The van der Waals surface area contributed by atoms with E-state index in [2.05, 4.69) is 69.6 Å². The summed E-state index contributed by atoms with van der Waals surface area (Å²) in [4.78, 5) is 4.36. The third kappa shape index (κ3) is 3.67. The van der Waals surface area contributed by atoms with Crippen molar-refractivity contribution in [1.82, 2.24) is 4.98 Å². The Morgan fingerprint density at radius 1 is 0.926 bits per heavy atom. The summed E-state index contributed by atoms with van der Waals surface area (Å²) in [7, 11) is 0. The Kier molecular flexibility index (Phi) is 4.82. The fourth-order valence-electron chi connectivity index (χ4n) is 3.19. The molecule has 4 aromatic rings. The van der Waals surface area contributed by atoms with Crippen LogP contribution in [0.3, 0.4) is 0 Å². The molecule has 0 saturated carbocycles. The molecule has 0 saturated heterocycles. The quantitative estimate of drug-likeness (QED) is 0.413. The molecule has 0 aliphatic carbocycles. The summed E-state index contributed by atoms with van der Waals surface area (Å²) >= 11 is 3.49. The van der Waals surface area contributed by atoms with Crippen LogP contribution in [0, 0.1) is 6.92 Å². The van der Waals surface area contributed by atoms with Crippen LogP contribution in [-0.2, 0) is 0 Å². The number of halogens is 1. The smallest absolute Gasteiger partial charge is 0.147 e. The number of phenolic OH excluding ortho intramolecular Hbond substituents is 1. The van der Waals surface area contributed by atoms with Gasteiger partial charge in [-0.25, -0.2) is 0 Å². The largest absolute Gasteiger partial charge is 0.505 e. The summed E-state index contributed by atoms with van der Waals surface area (Å²) in [6, 6.07) is 24.0.